The topological polar surface area (TPSA) is 17.1 Å². The molecule has 0 aromatic heterocycles. The first-order valence-corrected chi connectivity index (χ1v) is 5.83. The minimum Gasteiger partial charge on any atom is -0.299 e. The largest absolute Gasteiger partial charge is 0.299 e. The quantitative estimate of drug-likeness (QED) is 0.576. The van der Waals surface area contributed by atoms with E-state index >= 15 is 0 Å². The first-order chi connectivity index (χ1) is 6.29. The summed E-state index contributed by atoms with van der Waals surface area (Å²) in [6, 6.07) is 0. The summed E-state index contributed by atoms with van der Waals surface area (Å²) in [5.41, 5.74) is 0.920. The third kappa shape index (κ3) is 0.730. The molecule has 0 aromatic rings. The Bertz CT molecular complexity index is 315. The van der Waals surface area contributed by atoms with Crippen LogP contribution in [0.1, 0.15) is 47.0 Å². The highest BCUT2D eigenvalue weighted by atomic mass is 16.1. The van der Waals surface area contributed by atoms with E-state index in [9.17, 15) is 4.79 Å². The van der Waals surface area contributed by atoms with Gasteiger partial charge >= 0.3 is 0 Å². The van der Waals surface area contributed by atoms with Crippen molar-refractivity contribution in [3.63, 3.8) is 0 Å². The summed E-state index contributed by atoms with van der Waals surface area (Å²) in [5, 5.41) is 0. The van der Waals surface area contributed by atoms with Gasteiger partial charge in [-0.15, -0.1) is 0 Å². The van der Waals surface area contributed by atoms with Gasteiger partial charge in [0, 0.05) is 11.3 Å². The SMILES string of the molecule is CC12CC(C)(C)C3C(CC3(C)C1)C2=O. The van der Waals surface area contributed by atoms with Gasteiger partial charge in [-0.05, 0) is 36.0 Å². The fourth-order valence-corrected chi connectivity index (χ4v) is 5.68. The van der Waals surface area contributed by atoms with E-state index in [-0.39, 0.29) is 5.41 Å². The Morgan fingerprint density at radius 2 is 1.79 bits per heavy atom. The molecular weight excluding hydrogens is 172 g/mol. The Balaban J connectivity index is 2.12. The van der Waals surface area contributed by atoms with Gasteiger partial charge in [0.25, 0.3) is 0 Å². The minimum absolute atomic E-state index is 0.0237. The van der Waals surface area contributed by atoms with Crippen molar-refractivity contribution in [2.45, 2.75) is 47.0 Å². The third-order valence-corrected chi connectivity index (χ3v) is 5.25. The van der Waals surface area contributed by atoms with Crippen LogP contribution >= 0.6 is 0 Å². The molecule has 5 aliphatic rings. The van der Waals surface area contributed by atoms with E-state index in [0.29, 0.717) is 28.4 Å². The summed E-state index contributed by atoms with van der Waals surface area (Å²) in [6.07, 6.45) is 3.45. The molecular formula is C13H20O. The number of Topliss-reactive ketones (excluding diaryl/α,β-unsaturated/α-hetero) is 1. The summed E-state index contributed by atoms with van der Waals surface area (Å²) in [5.74, 6) is 1.69. The number of fused-ring (bicyclic) bond motifs is 1. The van der Waals surface area contributed by atoms with Crippen molar-refractivity contribution in [1.82, 2.24) is 0 Å². The van der Waals surface area contributed by atoms with Crippen LogP contribution < -0.4 is 0 Å². The van der Waals surface area contributed by atoms with E-state index in [2.05, 4.69) is 27.7 Å². The normalized spacial score (nSPS) is 58.4. The highest BCUT2D eigenvalue weighted by molar-refractivity contribution is 5.91. The highest BCUT2D eigenvalue weighted by Crippen LogP contribution is 2.74. The first-order valence-electron chi connectivity index (χ1n) is 5.83. The molecule has 4 unspecified atom stereocenters. The van der Waals surface area contributed by atoms with Crippen LogP contribution in [0.4, 0.5) is 0 Å². The van der Waals surface area contributed by atoms with Crippen molar-refractivity contribution in [3.8, 4) is 0 Å². The van der Waals surface area contributed by atoms with Gasteiger partial charge in [0.05, 0.1) is 0 Å². The molecule has 5 fully saturated rings. The van der Waals surface area contributed by atoms with Crippen LogP contribution in [-0.4, -0.2) is 5.78 Å². The van der Waals surface area contributed by atoms with Crippen molar-refractivity contribution >= 4 is 5.78 Å². The molecule has 78 valence electrons. The van der Waals surface area contributed by atoms with Crippen molar-refractivity contribution in [1.29, 1.82) is 0 Å². The van der Waals surface area contributed by atoms with E-state index in [1.807, 2.05) is 0 Å². The number of carbonyl (C=O) groups is 1. The van der Waals surface area contributed by atoms with Crippen LogP contribution in [0.3, 0.4) is 0 Å². The lowest BCUT2D eigenvalue weighted by atomic mass is 9.31. The predicted octanol–water partition coefficient (Wildman–Crippen LogP) is 3.04. The Kier molecular flexibility index (Phi) is 1.25. The van der Waals surface area contributed by atoms with Gasteiger partial charge in [0.1, 0.15) is 5.78 Å². The predicted molar refractivity (Wildman–Crippen MR) is 55.8 cm³/mol. The summed E-state index contributed by atoms with van der Waals surface area (Å²) < 4.78 is 0. The molecule has 14 heavy (non-hydrogen) atoms. The highest BCUT2D eigenvalue weighted by Gasteiger charge is 2.71. The van der Waals surface area contributed by atoms with E-state index in [1.165, 1.54) is 6.42 Å². The molecule has 4 bridgehead atoms. The van der Waals surface area contributed by atoms with Gasteiger partial charge in [-0.2, -0.15) is 0 Å². The van der Waals surface area contributed by atoms with Crippen LogP contribution in [0.25, 0.3) is 0 Å². The Hall–Kier alpha value is -0.330. The Labute approximate surface area is 86.3 Å². The number of ketones is 1. The maximum Gasteiger partial charge on any atom is 0.142 e. The van der Waals surface area contributed by atoms with Crippen LogP contribution in [0.5, 0.6) is 0 Å². The molecule has 0 amide bonds. The summed E-state index contributed by atoms with van der Waals surface area (Å²) in [4.78, 5) is 12.2. The van der Waals surface area contributed by atoms with Gasteiger partial charge in [0.2, 0.25) is 0 Å². The van der Waals surface area contributed by atoms with E-state index in [1.54, 1.807) is 0 Å². The molecule has 0 N–H and O–H groups in total. The zero-order valence-corrected chi connectivity index (χ0v) is 9.68. The van der Waals surface area contributed by atoms with Gasteiger partial charge in [-0.3, -0.25) is 4.79 Å². The van der Waals surface area contributed by atoms with E-state index in [4.69, 9.17) is 0 Å². The molecule has 1 heteroatoms. The first kappa shape index (κ1) is 8.94. The molecule has 5 saturated carbocycles. The average molecular weight is 192 g/mol. The van der Waals surface area contributed by atoms with Crippen LogP contribution in [0.15, 0.2) is 0 Å². The fraction of sp³-hybridized carbons (Fsp3) is 0.923. The minimum atomic E-state index is 0.0237. The molecule has 0 aliphatic heterocycles. The summed E-state index contributed by atoms with van der Waals surface area (Å²) in [7, 11) is 0. The molecule has 0 spiro atoms. The molecule has 1 nitrogen and oxygen atoms in total. The van der Waals surface area contributed by atoms with Gasteiger partial charge in [-0.25, -0.2) is 0 Å². The Morgan fingerprint density at radius 3 is 2.29 bits per heavy atom. The maximum absolute atomic E-state index is 12.2. The standard InChI is InChI=1S/C13H20O/c1-11(2)6-13(4)7-12(3)5-8(9(11)12)10(13)14/h8-9H,5-7H2,1-4H3. The van der Waals surface area contributed by atoms with Crippen molar-refractivity contribution < 1.29 is 4.79 Å². The van der Waals surface area contributed by atoms with Crippen molar-refractivity contribution in [3.05, 3.63) is 0 Å². The maximum atomic E-state index is 12.2. The third-order valence-electron chi connectivity index (χ3n) is 5.25. The monoisotopic (exact) mass is 192 g/mol. The van der Waals surface area contributed by atoms with Crippen LogP contribution in [-0.2, 0) is 4.79 Å². The number of hydrogen-bond donors (Lipinski definition) is 0. The molecule has 5 rings (SSSR count). The average Bonchev–Trinajstić information content (AvgIpc) is 1.90. The van der Waals surface area contributed by atoms with Crippen LogP contribution in [0.2, 0.25) is 0 Å². The molecule has 5 aliphatic carbocycles. The molecule has 0 aromatic carbocycles. The lowest BCUT2D eigenvalue weighted by Crippen LogP contribution is -2.70. The fourth-order valence-electron chi connectivity index (χ4n) is 5.68. The van der Waals surface area contributed by atoms with Crippen molar-refractivity contribution in [2.75, 3.05) is 0 Å². The smallest absolute Gasteiger partial charge is 0.142 e. The number of hydrogen-bond acceptors (Lipinski definition) is 1. The van der Waals surface area contributed by atoms with E-state index in [0.717, 1.165) is 12.8 Å². The summed E-state index contributed by atoms with van der Waals surface area (Å²) in [6.45, 7) is 9.34. The molecule has 0 heterocycles. The second-order valence-corrected chi connectivity index (χ2v) is 7.21. The zero-order chi connectivity index (χ0) is 10.4. The number of carbonyl (C=O) groups excluding carboxylic acids is 1. The molecule has 0 radical (unpaired) electrons. The summed E-state index contributed by atoms with van der Waals surface area (Å²) >= 11 is 0. The second kappa shape index (κ2) is 1.96. The van der Waals surface area contributed by atoms with Gasteiger partial charge < -0.3 is 0 Å². The molecule has 0 saturated heterocycles. The number of rotatable bonds is 0. The Morgan fingerprint density at radius 1 is 1.14 bits per heavy atom. The van der Waals surface area contributed by atoms with Gasteiger partial charge in [0.15, 0.2) is 0 Å². The lowest BCUT2D eigenvalue weighted by molar-refractivity contribution is -0.226. The lowest BCUT2D eigenvalue weighted by Gasteiger charge is -2.72. The van der Waals surface area contributed by atoms with Crippen LogP contribution in [0, 0.1) is 28.1 Å². The zero-order valence-electron chi connectivity index (χ0n) is 9.68. The van der Waals surface area contributed by atoms with Crippen molar-refractivity contribution in [2.24, 2.45) is 28.1 Å². The van der Waals surface area contributed by atoms with E-state index < -0.39 is 0 Å². The van der Waals surface area contributed by atoms with Gasteiger partial charge in [-0.1, -0.05) is 27.7 Å². The molecule has 4 atom stereocenters. The second-order valence-electron chi connectivity index (χ2n) is 7.21.